The van der Waals surface area contributed by atoms with Crippen LogP contribution < -0.4 is 10.6 Å². The average molecular weight is 155 g/mol. The Morgan fingerprint density at radius 1 is 1.55 bits per heavy atom. The van der Waals surface area contributed by atoms with E-state index in [4.69, 9.17) is 5.26 Å². The molecule has 2 N–H and O–H groups in total. The summed E-state index contributed by atoms with van der Waals surface area (Å²) in [6.07, 6.45) is 1.63. The van der Waals surface area contributed by atoms with Crippen molar-refractivity contribution in [2.24, 2.45) is 0 Å². The number of nitriles is 1. The maximum atomic E-state index is 10.5. The van der Waals surface area contributed by atoms with Gasteiger partial charge in [0.25, 0.3) is 0 Å². The fraction of sp³-hybridized carbons (Fsp3) is 0.500. The Hall–Kier alpha value is -1.57. The van der Waals surface area contributed by atoms with Crippen molar-refractivity contribution in [1.82, 2.24) is 10.6 Å². The lowest BCUT2D eigenvalue weighted by Gasteiger charge is -1.98. The molecule has 0 aliphatic rings. The minimum absolute atomic E-state index is 0.132. The van der Waals surface area contributed by atoms with Crippen molar-refractivity contribution >= 4 is 11.8 Å². The Morgan fingerprint density at radius 2 is 2.18 bits per heavy atom. The monoisotopic (exact) mass is 155 g/mol. The fourth-order valence-electron chi connectivity index (χ4n) is 0.477. The Labute approximate surface area is 64.4 Å². The van der Waals surface area contributed by atoms with Gasteiger partial charge < -0.3 is 5.32 Å². The van der Waals surface area contributed by atoms with Crippen LogP contribution in [0.15, 0.2) is 0 Å². The van der Waals surface area contributed by atoms with Gasteiger partial charge in [0.1, 0.15) is 0 Å². The number of nitrogens with zero attached hydrogens (tertiary/aromatic N) is 1. The predicted molar refractivity (Wildman–Crippen MR) is 37.1 cm³/mol. The summed E-state index contributed by atoms with van der Waals surface area (Å²) in [7, 11) is 0. The van der Waals surface area contributed by atoms with Crippen LogP contribution in [-0.2, 0) is 9.59 Å². The molecule has 0 fully saturated rings. The third-order valence-electron chi connectivity index (χ3n) is 0.921. The van der Waals surface area contributed by atoms with Gasteiger partial charge in [-0.3, -0.25) is 14.9 Å². The quantitative estimate of drug-likeness (QED) is 0.409. The lowest BCUT2D eigenvalue weighted by Crippen LogP contribution is -2.27. The topological polar surface area (TPSA) is 82.0 Å². The zero-order valence-electron chi connectivity index (χ0n) is 6.18. The molecule has 0 aromatic rings. The third-order valence-corrected chi connectivity index (χ3v) is 0.921. The van der Waals surface area contributed by atoms with Gasteiger partial charge in [-0.15, -0.1) is 0 Å². The second-order valence-electron chi connectivity index (χ2n) is 1.89. The van der Waals surface area contributed by atoms with Crippen LogP contribution in [0.4, 0.5) is 0 Å². The number of nitrogens with one attached hydrogen (secondary N) is 2. The lowest BCUT2D eigenvalue weighted by atomic mass is 10.4. The van der Waals surface area contributed by atoms with Crippen molar-refractivity contribution in [1.29, 1.82) is 5.26 Å². The predicted octanol–water partition coefficient (Wildman–Crippen LogP) is -0.890. The molecule has 0 spiro atoms. The maximum Gasteiger partial charge on any atom is 0.234 e. The Kier molecular flexibility index (Phi) is 4.49. The number of carbonyl (C=O) groups is 2. The van der Waals surface area contributed by atoms with Gasteiger partial charge in [0.15, 0.2) is 6.19 Å². The molecule has 11 heavy (non-hydrogen) atoms. The number of amides is 2. The highest BCUT2D eigenvalue weighted by Crippen LogP contribution is 1.75. The van der Waals surface area contributed by atoms with E-state index in [0.717, 1.165) is 0 Å². The van der Waals surface area contributed by atoms with E-state index in [1.165, 1.54) is 13.1 Å². The van der Waals surface area contributed by atoms with Crippen LogP contribution in [-0.4, -0.2) is 18.4 Å². The molecule has 0 atom stereocenters. The molecule has 0 aromatic carbocycles. The highest BCUT2D eigenvalue weighted by Gasteiger charge is 1.98. The van der Waals surface area contributed by atoms with Gasteiger partial charge in [-0.2, -0.15) is 5.26 Å². The van der Waals surface area contributed by atoms with Gasteiger partial charge in [0.2, 0.25) is 11.8 Å². The molecule has 0 radical (unpaired) electrons. The van der Waals surface area contributed by atoms with Crippen LogP contribution in [0, 0.1) is 11.5 Å². The second kappa shape index (κ2) is 5.23. The van der Waals surface area contributed by atoms with Gasteiger partial charge in [-0.05, 0) is 0 Å². The van der Waals surface area contributed by atoms with Gasteiger partial charge in [-0.1, -0.05) is 0 Å². The van der Waals surface area contributed by atoms with E-state index in [2.05, 4.69) is 5.32 Å². The molecule has 0 heterocycles. The molecule has 5 nitrogen and oxygen atoms in total. The smallest absolute Gasteiger partial charge is 0.234 e. The normalized spacial score (nSPS) is 8.00. The standard InChI is InChI=1S/C6H9N3O2/c1-5(10)8-3-2-6(11)9-4-7/h2-3H2,1H3,(H,8,10)(H,9,11). The van der Waals surface area contributed by atoms with Crippen molar-refractivity contribution in [3.63, 3.8) is 0 Å². The zero-order chi connectivity index (χ0) is 8.69. The molecule has 5 heteroatoms. The Bertz CT molecular complexity index is 194. The average Bonchev–Trinajstić information content (AvgIpc) is 1.87. The lowest BCUT2D eigenvalue weighted by molar-refractivity contribution is -0.120. The molecule has 0 unspecified atom stereocenters. The summed E-state index contributed by atoms with van der Waals surface area (Å²) < 4.78 is 0. The first-order valence-corrected chi connectivity index (χ1v) is 3.09. The molecule has 0 bridgehead atoms. The number of hydrogen-bond acceptors (Lipinski definition) is 3. The van der Waals surface area contributed by atoms with Crippen LogP contribution >= 0.6 is 0 Å². The van der Waals surface area contributed by atoms with Gasteiger partial charge >= 0.3 is 0 Å². The molecule has 0 aliphatic heterocycles. The molecule has 2 amide bonds. The van der Waals surface area contributed by atoms with E-state index in [9.17, 15) is 9.59 Å². The van der Waals surface area contributed by atoms with Gasteiger partial charge in [0.05, 0.1) is 0 Å². The van der Waals surface area contributed by atoms with Gasteiger partial charge in [0, 0.05) is 19.9 Å². The number of carbonyl (C=O) groups excluding carboxylic acids is 2. The molecular formula is C6H9N3O2. The summed E-state index contributed by atoms with van der Waals surface area (Å²) in [5, 5.41) is 12.3. The van der Waals surface area contributed by atoms with Crippen molar-refractivity contribution in [2.45, 2.75) is 13.3 Å². The summed E-state index contributed by atoms with van der Waals surface area (Å²) in [5.41, 5.74) is 0. The van der Waals surface area contributed by atoms with E-state index in [0.29, 0.717) is 0 Å². The van der Waals surface area contributed by atoms with Crippen LogP contribution in [0.25, 0.3) is 0 Å². The largest absolute Gasteiger partial charge is 0.356 e. The van der Waals surface area contributed by atoms with Crippen molar-refractivity contribution < 1.29 is 9.59 Å². The Morgan fingerprint density at radius 3 is 2.64 bits per heavy atom. The highest BCUT2D eigenvalue weighted by atomic mass is 16.2. The summed E-state index contributed by atoms with van der Waals surface area (Å²) in [6.45, 7) is 1.63. The highest BCUT2D eigenvalue weighted by molar-refractivity contribution is 5.78. The summed E-state index contributed by atoms with van der Waals surface area (Å²) in [6, 6.07) is 0. The van der Waals surface area contributed by atoms with Crippen molar-refractivity contribution in [3.05, 3.63) is 0 Å². The zero-order valence-corrected chi connectivity index (χ0v) is 6.18. The van der Waals surface area contributed by atoms with Crippen LogP contribution in [0.1, 0.15) is 13.3 Å². The minimum Gasteiger partial charge on any atom is -0.356 e. The SMILES string of the molecule is CC(=O)NCCC(=O)NC#N. The molecule has 0 saturated carbocycles. The third kappa shape index (κ3) is 6.31. The first-order chi connectivity index (χ1) is 5.16. The first kappa shape index (κ1) is 9.43. The van der Waals surface area contributed by atoms with Crippen LogP contribution in [0.5, 0.6) is 0 Å². The summed E-state index contributed by atoms with van der Waals surface area (Å²) in [5.74, 6) is -0.573. The van der Waals surface area contributed by atoms with Crippen molar-refractivity contribution in [2.75, 3.05) is 6.54 Å². The van der Waals surface area contributed by atoms with Crippen molar-refractivity contribution in [3.8, 4) is 6.19 Å². The molecule has 0 saturated heterocycles. The Balaban J connectivity index is 3.33. The van der Waals surface area contributed by atoms with E-state index < -0.39 is 0 Å². The molecule has 60 valence electrons. The second-order valence-corrected chi connectivity index (χ2v) is 1.89. The van der Waals surface area contributed by atoms with E-state index in [1.807, 2.05) is 5.32 Å². The molecular weight excluding hydrogens is 146 g/mol. The molecule has 0 aliphatic carbocycles. The minimum atomic E-state index is -0.388. The number of hydrogen-bond donors (Lipinski definition) is 2. The van der Waals surface area contributed by atoms with E-state index in [-0.39, 0.29) is 24.8 Å². The summed E-state index contributed by atoms with van der Waals surface area (Å²) in [4.78, 5) is 20.8. The molecule has 0 aromatic heterocycles. The van der Waals surface area contributed by atoms with Crippen LogP contribution in [0.2, 0.25) is 0 Å². The first-order valence-electron chi connectivity index (χ1n) is 3.09. The van der Waals surface area contributed by atoms with Gasteiger partial charge in [-0.25, -0.2) is 0 Å². The van der Waals surface area contributed by atoms with E-state index >= 15 is 0 Å². The van der Waals surface area contributed by atoms with Crippen LogP contribution in [0.3, 0.4) is 0 Å². The fourth-order valence-corrected chi connectivity index (χ4v) is 0.477. The van der Waals surface area contributed by atoms with E-state index in [1.54, 1.807) is 0 Å². The summed E-state index contributed by atoms with van der Waals surface area (Å²) >= 11 is 0. The molecule has 0 rings (SSSR count). The number of rotatable bonds is 3. The maximum absolute atomic E-state index is 10.5.